The summed E-state index contributed by atoms with van der Waals surface area (Å²) in [5.41, 5.74) is 1.21. The SMILES string of the molecule is CN=C(NCCCCCN1CCCCC1)NCCOCc1ccccc1. The average molecular weight is 361 g/mol. The molecule has 0 spiro atoms. The van der Waals surface area contributed by atoms with Crippen molar-refractivity contribution in [2.75, 3.05) is 46.4 Å². The third-order valence-electron chi connectivity index (χ3n) is 4.77. The molecule has 1 aromatic rings. The number of aliphatic imine (C=N–C) groups is 1. The Hall–Kier alpha value is -1.59. The van der Waals surface area contributed by atoms with E-state index < -0.39 is 0 Å². The van der Waals surface area contributed by atoms with Crippen molar-refractivity contribution in [1.82, 2.24) is 15.5 Å². The van der Waals surface area contributed by atoms with Crippen LogP contribution in [0.3, 0.4) is 0 Å². The van der Waals surface area contributed by atoms with E-state index in [4.69, 9.17) is 4.74 Å². The first-order valence-corrected chi connectivity index (χ1v) is 10.2. The molecule has 1 saturated heterocycles. The van der Waals surface area contributed by atoms with Crippen LogP contribution in [0.25, 0.3) is 0 Å². The molecule has 0 amide bonds. The number of unbranched alkanes of at least 4 members (excludes halogenated alkanes) is 2. The molecule has 5 nitrogen and oxygen atoms in total. The number of hydrogen-bond acceptors (Lipinski definition) is 3. The van der Waals surface area contributed by atoms with Crippen LogP contribution in [0.2, 0.25) is 0 Å². The van der Waals surface area contributed by atoms with Crippen molar-refractivity contribution in [3.63, 3.8) is 0 Å². The van der Waals surface area contributed by atoms with Crippen molar-refractivity contribution in [2.45, 2.75) is 45.1 Å². The maximum atomic E-state index is 5.68. The van der Waals surface area contributed by atoms with Gasteiger partial charge in [-0.2, -0.15) is 0 Å². The van der Waals surface area contributed by atoms with Crippen LogP contribution in [0.1, 0.15) is 44.1 Å². The highest BCUT2D eigenvalue weighted by Crippen LogP contribution is 2.09. The molecule has 5 heteroatoms. The van der Waals surface area contributed by atoms with Crippen LogP contribution in [-0.2, 0) is 11.3 Å². The Balaban J connectivity index is 1.42. The summed E-state index contributed by atoms with van der Waals surface area (Å²) in [7, 11) is 1.82. The first-order valence-electron chi connectivity index (χ1n) is 10.2. The van der Waals surface area contributed by atoms with Crippen LogP contribution in [0.5, 0.6) is 0 Å². The van der Waals surface area contributed by atoms with E-state index in [2.05, 4.69) is 32.7 Å². The van der Waals surface area contributed by atoms with E-state index in [0.717, 1.165) is 19.0 Å². The maximum Gasteiger partial charge on any atom is 0.191 e. The van der Waals surface area contributed by atoms with Gasteiger partial charge >= 0.3 is 0 Å². The molecule has 1 aliphatic rings. The van der Waals surface area contributed by atoms with Crippen molar-refractivity contribution in [1.29, 1.82) is 0 Å². The van der Waals surface area contributed by atoms with E-state index in [0.29, 0.717) is 13.2 Å². The summed E-state index contributed by atoms with van der Waals surface area (Å²) in [5.74, 6) is 0.865. The number of ether oxygens (including phenoxy) is 1. The minimum Gasteiger partial charge on any atom is -0.375 e. The summed E-state index contributed by atoms with van der Waals surface area (Å²) in [5, 5.41) is 6.69. The van der Waals surface area contributed by atoms with Gasteiger partial charge in [-0.15, -0.1) is 0 Å². The zero-order valence-electron chi connectivity index (χ0n) is 16.4. The van der Waals surface area contributed by atoms with Crippen molar-refractivity contribution in [3.8, 4) is 0 Å². The monoisotopic (exact) mass is 360 g/mol. The fraction of sp³-hybridized carbons (Fsp3) is 0.667. The molecule has 1 aromatic carbocycles. The second-order valence-electron chi connectivity index (χ2n) is 6.93. The summed E-state index contributed by atoms with van der Waals surface area (Å²) in [6.07, 6.45) is 7.97. The molecule has 1 aliphatic heterocycles. The van der Waals surface area contributed by atoms with Gasteiger partial charge in [-0.3, -0.25) is 4.99 Å². The second-order valence-corrected chi connectivity index (χ2v) is 6.93. The van der Waals surface area contributed by atoms with Gasteiger partial charge in [0, 0.05) is 20.1 Å². The Labute approximate surface area is 159 Å². The van der Waals surface area contributed by atoms with Gasteiger partial charge < -0.3 is 20.3 Å². The summed E-state index contributed by atoms with van der Waals surface area (Å²) >= 11 is 0. The number of benzene rings is 1. The van der Waals surface area contributed by atoms with Gasteiger partial charge in [-0.25, -0.2) is 0 Å². The molecule has 1 fully saturated rings. The molecule has 0 radical (unpaired) electrons. The zero-order chi connectivity index (χ0) is 18.3. The standard InChI is InChI=1S/C21H36N4O/c1-22-21(24-14-18-26-19-20-11-5-2-6-12-20)23-13-7-3-8-15-25-16-9-4-10-17-25/h2,5-6,11-12H,3-4,7-10,13-19H2,1H3,(H2,22,23,24). The Bertz CT molecular complexity index is 486. The van der Waals surface area contributed by atoms with Gasteiger partial charge in [0.2, 0.25) is 0 Å². The van der Waals surface area contributed by atoms with Gasteiger partial charge in [0.1, 0.15) is 0 Å². The Morgan fingerprint density at radius 3 is 2.54 bits per heavy atom. The zero-order valence-corrected chi connectivity index (χ0v) is 16.4. The minimum atomic E-state index is 0.658. The molecule has 0 unspecified atom stereocenters. The first kappa shape index (κ1) is 20.7. The lowest BCUT2D eigenvalue weighted by molar-refractivity contribution is 0.125. The molecule has 2 rings (SSSR count). The van der Waals surface area contributed by atoms with E-state index in [1.165, 1.54) is 63.7 Å². The molecule has 146 valence electrons. The smallest absolute Gasteiger partial charge is 0.191 e. The van der Waals surface area contributed by atoms with Crippen LogP contribution >= 0.6 is 0 Å². The van der Waals surface area contributed by atoms with Crippen molar-refractivity contribution in [3.05, 3.63) is 35.9 Å². The molecule has 0 aromatic heterocycles. The van der Waals surface area contributed by atoms with Gasteiger partial charge in [-0.05, 0) is 50.9 Å². The van der Waals surface area contributed by atoms with Crippen molar-refractivity contribution in [2.24, 2.45) is 4.99 Å². The number of guanidine groups is 1. The molecular weight excluding hydrogens is 324 g/mol. The number of hydrogen-bond donors (Lipinski definition) is 2. The van der Waals surface area contributed by atoms with E-state index in [-0.39, 0.29) is 0 Å². The lowest BCUT2D eigenvalue weighted by Gasteiger charge is -2.26. The summed E-state index contributed by atoms with van der Waals surface area (Å²) < 4.78 is 5.68. The maximum absolute atomic E-state index is 5.68. The predicted molar refractivity (Wildman–Crippen MR) is 110 cm³/mol. The lowest BCUT2D eigenvalue weighted by atomic mass is 10.1. The summed E-state index contributed by atoms with van der Waals surface area (Å²) in [6, 6.07) is 10.3. The highest BCUT2D eigenvalue weighted by Gasteiger charge is 2.08. The second kappa shape index (κ2) is 13.6. The van der Waals surface area contributed by atoms with Gasteiger partial charge in [0.05, 0.1) is 13.2 Å². The van der Waals surface area contributed by atoms with E-state index in [1.54, 1.807) is 0 Å². The molecule has 0 atom stereocenters. The van der Waals surface area contributed by atoms with E-state index >= 15 is 0 Å². The van der Waals surface area contributed by atoms with Gasteiger partial charge in [0.15, 0.2) is 5.96 Å². The normalized spacial score (nSPS) is 15.8. The molecule has 0 bridgehead atoms. The third kappa shape index (κ3) is 9.20. The van der Waals surface area contributed by atoms with Gasteiger partial charge in [-0.1, -0.05) is 43.2 Å². The number of rotatable bonds is 11. The van der Waals surface area contributed by atoms with Crippen LogP contribution in [0.15, 0.2) is 35.3 Å². The number of nitrogens with zero attached hydrogens (tertiary/aromatic N) is 2. The molecular formula is C21H36N4O. The first-order chi connectivity index (χ1) is 12.9. The highest BCUT2D eigenvalue weighted by molar-refractivity contribution is 5.79. The summed E-state index contributed by atoms with van der Waals surface area (Å²) in [4.78, 5) is 6.88. The van der Waals surface area contributed by atoms with Crippen LogP contribution in [-0.4, -0.2) is 57.2 Å². The third-order valence-corrected chi connectivity index (χ3v) is 4.77. The Morgan fingerprint density at radius 1 is 1.00 bits per heavy atom. The molecule has 26 heavy (non-hydrogen) atoms. The highest BCUT2D eigenvalue weighted by atomic mass is 16.5. The van der Waals surface area contributed by atoms with Crippen LogP contribution in [0.4, 0.5) is 0 Å². The fourth-order valence-electron chi connectivity index (χ4n) is 3.25. The average Bonchev–Trinajstić information content (AvgIpc) is 2.70. The van der Waals surface area contributed by atoms with Crippen LogP contribution < -0.4 is 10.6 Å². The lowest BCUT2D eigenvalue weighted by Crippen LogP contribution is -2.39. The van der Waals surface area contributed by atoms with E-state index in [1.807, 2.05) is 25.2 Å². The van der Waals surface area contributed by atoms with E-state index in [9.17, 15) is 0 Å². The summed E-state index contributed by atoms with van der Waals surface area (Å²) in [6.45, 7) is 6.96. The van der Waals surface area contributed by atoms with Gasteiger partial charge in [0.25, 0.3) is 0 Å². The topological polar surface area (TPSA) is 48.9 Å². The molecule has 0 aliphatic carbocycles. The number of likely N-dealkylation sites (tertiary alicyclic amines) is 1. The largest absolute Gasteiger partial charge is 0.375 e. The molecule has 0 saturated carbocycles. The Kier molecular flexibility index (Phi) is 10.8. The van der Waals surface area contributed by atoms with Crippen molar-refractivity contribution < 1.29 is 4.74 Å². The molecule has 1 heterocycles. The quantitative estimate of drug-likeness (QED) is 0.362. The van der Waals surface area contributed by atoms with Crippen LogP contribution in [0, 0.1) is 0 Å². The Morgan fingerprint density at radius 2 is 1.77 bits per heavy atom. The van der Waals surface area contributed by atoms with Crippen molar-refractivity contribution >= 4 is 5.96 Å². The number of piperidine rings is 1. The predicted octanol–water partition coefficient (Wildman–Crippen LogP) is 3.02. The molecule has 2 N–H and O–H groups in total. The number of nitrogens with one attached hydrogen (secondary N) is 2. The fourth-order valence-corrected chi connectivity index (χ4v) is 3.25. The minimum absolute atomic E-state index is 0.658.